The first kappa shape index (κ1) is 19.6. The van der Waals surface area contributed by atoms with Crippen LogP contribution in [0.2, 0.25) is 0 Å². The molecule has 28 heavy (non-hydrogen) atoms. The highest BCUT2D eigenvalue weighted by Crippen LogP contribution is 2.37. The molecule has 0 radical (unpaired) electrons. The lowest BCUT2D eigenvalue weighted by molar-refractivity contribution is -0.129. The number of likely N-dealkylation sites (tertiary alicyclic amines) is 1. The Balaban J connectivity index is 1.47. The number of nitrogens with zero attached hydrogens (tertiary/aromatic N) is 4. The zero-order chi connectivity index (χ0) is 20.1. The molecule has 2 saturated heterocycles. The van der Waals surface area contributed by atoms with E-state index >= 15 is 0 Å². The summed E-state index contributed by atoms with van der Waals surface area (Å²) in [6.45, 7) is 11.5. The highest BCUT2D eigenvalue weighted by atomic mass is 16.7. The van der Waals surface area contributed by atoms with Crippen LogP contribution in [0.5, 0.6) is 0 Å². The van der Waals surface area contributed by atoms with Crippen molar-refractivity contribution in [2.75, 3.05) is 18.0 Å². The van der Waals surface area contributed by atoms with E-state index in [0.29, 0.717) is 12.1 Å². The summed E-state index contributed by atoms with van der Waals surface area (Å²) < 4.78 is 12.2. The summed E-state index contributed by atoms with van der Waals surface area (Å²) in [4.78, 5) is 25.3. The van der Waals surface area contributed by atoms with Gasteiger partial charge in [-0.1, -0.05) is 0 Å². The minimum Gasteiger partial charge on any atom is -0.399 e. The van der Waals surface area contributed by atoms with Crippen LogP contribution in [-0.2, 0) is 14.1 Å². The smallest absolute Gasteiger partial charge is 0.399 e. The molecule has 4 rings (SSSR count). The topological polar surface area (TPSA) is 67.8 Å². The quantitative estimate of drug-likeness (QED) is 0.735. The minimum absolute atomic E-state index is 0.166. The van der Waals surface area contributed by atoms with Gasteiger partial charge in [-0.15, -0.1) is 0 Å². The van der Waals surface area contributed by atoms with E-state index in [-0.39, 0.29) is 17.1 Å². The van der Waals surface area contributed by atoms with E-state index in [9.17, 15) is 4.79 Å². The molecular weight excluding hydrogens is 355 g/mol. The van der Waals surface area contributed by atoms with E-state index in [2.05, 4.69) is 14.9 Å². The van der Waals surface area contributed by atoms with Crippen molar-refractivity contribution < 1.29 is 14.1 Å². The first-order chi connectivity index (χ1) is 13.2. The van der Waals surface area contributed by atoms with E-state index in [0.717, 1.165) is 37.3 Å². The van der Waals surface area contributed by atoms with Gasteiger partial charge >= 0.3 is 7.12 Å². The number of piperidine rings is 1. The number of hydrogen-bond donors (Lipinski definition) is 0. The number of amides is 1. The second kappa shape index (κ2) is 6.99. The van der Waals surface area contributed by atoms with Crippen molar-refractivity contribution in [2.24, 2.45) is 0 Å². The number of aromatic nitrogens is 2. The standard InChI is InChI=1S/C20H31BN4O3/c1-14(26)24-10-8-17(9-11-24)25(16-6-7-16)18-22-12-15(13-23-18)21-27-19(2,3)20(4,5)28-21/h12-13,16-17H,6-11H2,1-5H3. The average Bonchev–Trinajstić information content (AvgIpc) is 3.43. The van der Waals surface area contributed by atoms with Crippen LogP contribution in [0.1, 0.15) is 60.3 Å². The highest BCUT2D eigenvalue weighted by Gasteiger charge is 2.52. The molecule has 152 valence electrons. The van der Waals surface area contributed by atoms with Gasteiger partial charge in [0.15, 0.2) is 0 Å². The normalized spacial score (nSPS) is 24.5. The molecule has 0 spiro atoms. The monoisotopic (exact) mass is 386 g/mol. The molecule has 3 heterocycles. The third-order valence-electron chi connectivity index (χ3n) is 6.66. The summed E-state index contributed by atoms with van der Waals surface area (Å²) in [5, 5.41) is 0. The summed E-state index contributed by atoms with van der Waals surface area (Å²) in [7, 11) is -0.438. The van der Waals surface area contributed by atoms with Gasteiger partial charge in [-0.3, -0.25) is 4.79 Å². The predicted molar refractivity (Wildman–Crippen MR) is 109 cm³/mol. The van der Waals surface area contributed by atoms with Crippen molar-refractivity contribution in [3.05, 3.63) is 12.4 Å². The molecule has 7 nitrogen and oxygen atoms in total. The van der Waals surface area contributed by atoms with E-state index < -0.39 is 7.12 Å². The summed E-state index contributed by atoms with van der Waals surface area (Å²) in [6.07, 6.45) is 8.00. The molecule has 1 aliphatic carbocycles. The van der Waals surface area contributed by atoms with Crippen LogP contribution in [0.15, 0.2) is 12.4 Å². The van der Waals surface area contributed by atoms with Gasteiger partial charge < -0.3 is 19.1 Å². The van der Waals surface area contributed by atoms with Crippen LogP contribution >= 0.6 is 0 Å². The average molecular weight is 386 g/mol. The van der Waals surface area contributed by atoms with Gasteiger partial charge in [0.1, 0.15) is 0 Å². The molecule has 1 aromatic rings. The van der Waals surface area contributed by atoms with Gasteiger partial charge in [-0.05, 0) is 53.4 Å². The maximum Gasteiger partial charge on any atom is 0.498 e. The molecule has 0 aromatic carbocycles. The van der Waals surface area contributed by atoms with Crippen LogP contribution in [-0.4, -0.2) is 64.3 Å². The lowest BCUT2D eigenvalue weighted by Gasteiger charge is -2.38. The Morgan fingerprint density at radius 1 is 1.04 bits per heavy atom. The van der Waals surface area contributed by atoms with Crippen molar-refractivity contribution in [1.29, 1.82) is 0 Å². The zero-order valence-corrected chi connectivity index (χ0v) is 17.6. The maximum absolute atomic E-state index is 11.6. The molecule has 0 bridgehead atoms. The number of anilines is 1. The molecular formula is C20H31BN4O3. The van der Waals surface area contributed by atoms with Crippen molar-refractivity contribution in [3.63, 3.8) is 0 Å². The largest absolute Gasteiger partial charge is 0.498 e. The molecule has 2 aliphatic heterocycles. The molecule has 1 aromatic heterocycles. The van der Waals surface area contributed by atoms with Crippen LogP contribution < -0.4 is 10.4 Å². The predicted octanol–water partition coefficient (Wildman–Crippen LogP) is 1.76. The number of carbonyl (C=O) groups excluding carboxylic acids is 1. The second-order valence-corrected chi connectivity index (χ2v) is 9.28. The molecule has 0 atom stereocenters. The van der Waals surface area contributed by atoms with Gasteiger partial charge in [-0.25, -0.2) is 9.97 Å². The molecule has 1 saturated carbocycles. The van der Waals surface area contributed by atoms with Gasteiger partial charge in [-0.2, -0.15) is 0 Å². The first-order valence-corrected chi connectivity index (χ1v) is 10.4. The lowest BCUT2D eigenvalue weighted by atomic mass is 9.81. The zero-order valence-electron chi connectivity index (χ0n) is 17.6. The van der Waals surface area contributed by atoms with E-state index in [4.69, 9.17) is 9.31 Å². The molecule has 0 N–H and O–H groups in total. The van der Waals surface area contributed by atoms with Gasteiger partial charge in [0, 0.05) is 50.0 Å². The lowest BCUT2D eigenvalue weighted by Crippen LogP contribution is -2.48. The van der Waals surface area contributed by atoms with E-state index in [1.54, 1.807) is 6.92 Å². The Morgan fingerprint density at radius 2 is 1.54 bits per heavy atom. The number of carbonyl (C=O) groups is 1. The summed E-state index contributed by atoms with van der Waals surface area (Å²) >= 11 is 0. The fourth-order valence-electron chi connectivity index (χ4n) is 4.00. The van der Waals surface area contributed by atoms with Crippen molar-refractivity contribution in [2.45, 2.75) is 83.6 Å². The van der Waals surface area contributed by atoms with Gasteiger partial charge in [0.25, 0.3) is 0 Å². The Bertz CT molecular complexity index is 711. The van der Waals surface area contributed by atoms with Crippen LogP contribution in [0.3, 0.4) is 0 Å². The fraction of sp³-hybridized carbons (Fsp3) is 0.750. The van der Waals surface area contributed by atoms with Crippen molar-refractivity contribution in [1.82, 2.24) is 14.9 Å². The third kappa shape index (κ3) is 3.64. The number of rotatable bonds is 4. The van der Waals surface area contributed by atoms with Crippen LogP contribution in [0.4, 0.5) is 5.95 Å². The maximum atomic E-state index is 11.6. The van der Waals surface area contributed by atoms with Crippen molar-refractivity contribution in [3.8, 4) is 0 Å². The SMILES string of the molecule is CC(=O)N1CCC(N(c2ncc(B3OC(C)(C)C(C)(C)O3)cn2)C2CC2)CC1. The fourth-order valence-corrected chi connectivity index (χ4v) is 4.00. The van der Waals surface area contributed by atoms with Gasteiger partial charge in [0.2, 0.25) is 11.9 Å². The van der Waals surface area contributed by atoms with Gasteiger partial charge in [0.05, 0.1) is 11.2 Å². The first-order valence-electron chi connectivity index (χ1n) is 10.4. The Labute approximate surface area is 167 Å². The van der Waals surface area contributed by atoms with E-state index in [1.165, 1.54) is 12.8 Å². The molecule has 3 fully saturated rings. The molecule has 8 heteroatoms. The summed E-state index contributed by atoms with van der Waals surface area (Å²) in [5.74, 6) is 0.948. The Kier molecular flexibility index (Phi) is 4.90. The minimum atomic E-state index is -0.438. The van der Waals surface area contributed by atoms with E-state index in [1.807, 2.05) is 45.0 Å². The number of hydrogen-bond acceptors (Lipinski definition) is 6. The van der Waals surface area contributed by atoms with Crippen LogP contribution in [0.25, 0.3) is 0 Å². The molecule has 3 aliphatic rings. The molecule has 0 unspecified atom stereocenters. The summed E-state index contributed by atoms with van der Waals surface area (Å²) in [6, 6.07) is 0.919. The van der Waals surface area contributed by atoms with Crippen LogP contribution in [0, 0.1) is 0 Å². The second-order valence-electron chi connectivity index (χ2n) is 9.28. The Hall–Kier alpha value is -1.67. The highest BCUT2D eigenvalue weighted by molar-refractivity contribution is 6.61. The van der Waals surface area contributed by atoms with Crippen molar-refractivity contribution >= 4 is 24.4 Å². The third-order valence-corrected chi connectivity index (χ3v) is 6.66. The molecule has 1 amide bonds. The Morgan fingerprint density at radius 3 is 2.00 bits per heavy atom. The summed E-state index contributed by atoms with van der Waals surface area (Å²) in [5.41, 5.74) is 0.104.